The first-order chi connectivity index (χ1) is 14.0. The van der Waals surface area contributed by atoms with E-state index in [9.17, 15) is 9.59 Å². The Morgan fingerprint density at radius 3 is 2.24 bits per heavy atom. The van der Waals surface area contributed by atoms with Crippen LogP contribution in [0.3, 0.4) is 0 Å². The van der Waals surface area contributed by atoms with Crippen LogP contribution in [0.2, 0.25) is 5.02 Å². The van der Waals surface area contributed by atoms with E-state index in [-0.39, 0.29) is 12.3 Å². The highest BCUT2D eigenvalue weighted by Gasteiger charge is 2.18. The average Bonchev–Trinajstić information content (AvgIpc) is 2.70. The number of halogens is 1. The van der Waals surface area contributed by atoms with Gasteiger partial charge in [-0.05, 0) is 41.3 Å². The molecule has 1 atom stereocenters. The maximum absolute atomic E-state index is 12.7. The zero-order valence-electron chi connectivity index (χ0n) is 15.8. The second-order valence-electron chi connectivity index (χ2n) is 6.68. The van der Waals surface area contributed by atoms with Gasteiger partial charge in [0.15, 0.2) is 0 Å². The molecule has 3 aromatic carbocycles. The van der Waals surface area contributed by atoms with Crippen molar-refractivity contribution in [3.8, 4) is 0 Å². The van der Waals surface area contributed by atoms with Crippen molar-refractivity contribution in [1.29, 1.82) is 0 Å². The molecule has 0 aliphatic heterocycles. The summed E-state index contributed by atoms with van der Waals surface area (Å²) in [5.41, 5.74) is 8.96. The number of hydrogen-bond donors (Lipinski definition) is 3. The van der Waals surface area contributed by atoms with Gasteiger partial charge in [-0.2, -0.15) is 0 Å². The van der Waals surface area contributed by atoms with E-state index in [0.29, 0.717) is 11.4 Å². The molecule has 0 heterocycles. The van der Waals surface area contributed by atoms with Crippen LogP contribution in [0.4, 0.5) is 10.5 Å². The van der Waals surface area contributed by atoms with E-state index in [2.05, 4.69) is 10.6 Å². The lowest BCUT2D eigenvalue weighted by molar-refractivity contribution is -0.116. The number of rotatable bonds is 7. The van der Waals surface area contributed by atoms with Crippen molar-refractivity contribution in [3.63, 3.8) is 0 Å². The Balaban J connectivity index is 1.73. The van der Waals surface area contributed by atoms with Crippen molar-refractivity contribution in [2.75, 3.05) is 5.32 Å². The number of urea groups is 1. The Morgan fingerprint density at radius 2 is 1.55 bits per heavy atom. The van der Waals surface area contributed by atoms with E-state index in [4.69, 9.17) is 17.3 Å². The monoisotopic (exact) mass is 407 g/mol. The molecule has 6 heteroatoms. The standard InChI is InChI=1S/C23H22ClN3O2/c24-19-12-10-17(11-13-19)21(27-23(25)29)15-22(28)26-20-9-5-4-8-18(20)14-16-6-2-1-3-7-16/h1-13,21H,14-15H2,(H,26,28)(H3,25,27,29)/t21-/m0/s1. The molecule has 0 radical (unpaired) electrons. The van der Waals surface area contributed by atoms with Gasteiger partial charge >= 0.3 is 6.03 Å². The summed E-state index contributed by atoms with van der Waals surface area (Å²) in [5.74, 6) is -0.223. The van der Waals surface area contributed by atoms with E-state index in [1.54, 1.807) is 24.3 Å². The first-order valence-electron chi connectivity index (χ1n) is 9.24. The molecule has 0 aromatic heterocycles. The molecular formula is C23H22ClN3O2. The minimum atomic E-state index is -0.692. The summed E-state index contributed by atoms with van der Waals surface area (Å²) in [6.07, 6.45) is 0.752. The Morgan fingerprint density at radius 1 is 0.897 bits per heavy atom. The Bertz CT molecular complexity index is 975. The summed E-state index contributed by atoms with van der Waals surface area (Å²) in [6.45, 7) is 0. The highest BCUT2D eigenvalue weighted by Crippen LogP contribution is 2.23. The summed E-state index contributed by atoms with van der Waals surface area (Å²) in [6, 6.07) is 23.4. The first-order valence-corrected chi connectivity index (χ1v) is 9.62. The minimum Gasteiger partial charge on any atom is -0.352 e. The third-order valence-electron chi connectivity index (χ3n) is 4.51. The van der Waals surface area contributed by atoms with Crippen LogP contribution in [0, 0.1) is 0 Å². The van der Waals surface area contributed by atoms with Crippen molar-refractivity contribution in [1.82, 2.24) is 5.32 Å². The average molecular weight is 408 g/mol. The lowest BCUT2D eigenvalue weighted by Crippen LogP contribution is -2.35. The number of anilines is 1. The molecule has 3 amide bonds. The Labute approximate surface area is 174 Å². The molecule has 3 aromatic rings. The third-order valence-corrected chi connectivity index (χ3v) is 4.76. The quantitative estimate of drug-likeness (QED) is 0.531. The molecule has 0 saturated heterocycles. The van der Waals surface area contributed by atoms with Gasteiger partial charge in [-0.25, -0.2) is 4.79 Å². The van der Waals surface area contributed by atoms with Crippen LogP contribution in [0.25, 0.3) is 0 Å². The van der Waals surface area contributed by atoms with Gasteiger partial charge in [-0.15, -0.1) is 0 Å². The van der Waals surface area contributed by atoms with Crippen LogP contribution in [-0.2, 0) is 11.2 Å². The van der Waals surface area contributed by atoms with Crippen LogP contribution in [0.5, 0.6) is 0 Å². The summed E-state index contributed by atoms with van der Waals surface area (Å²) < 4.78 is 0. The summed E-state index contributed by atoms with van der Waals surface area (Å²) >= 11 is 5.93. The van der Waals surface area contributed by atoms with Crippen LogP contribution in [0.15, 0.2) is 78.9 Å². The molecule has 3 rings (SSSR count). The van der Waals surface area contributed by atoms with Gasteiger partial charge in [0.2, 0.25) is 5.91 Å². The molecule has 148 valence electrons. The normalized spacial score (nSPS) is 11.5. The predicted molar refractivity (Wildman–Crippen MR) is 116 cm³/mol. The Hall–Kier alpha value is -3.31. The molecule has 0 fully saturated rings. The fraction of sp³-hybridized carbons (Fsp3) is 0.130. The molecule has 29 heavy (non-hydrogen) atoms. The van der Waals surface area contributed by atoms with E-state index >= 15 is 0 Å². The number of para-hydroxylation sites is 1. The molecule has 0 spiro atoms. The molecule has 4 N–H and O–H groups in total. The van der Waals surface area contributed by atoms with Crippen molar-refractivity contribution in [2.24, 2.45) is 5.73 Å². The summed E-state index contributed by atoms with van der Waals surface area (Å²) in [5, 5.41) is 6.16. The van der Waals surface area contributed by atoms with Crippen molar-refractivity contribution < 1.29 is 9.59 Å². The molecule has 0 aliphatic rings. The second-order valence-corrected chi connectivity index (χ2v) is 7.12. The molecule has 0 aliphatic carbocycles. The van der Waals surface area contributed by atoms with Gasteiger partial charge in [0.05, 0.1) is 12.5 Å². The smallest absolute Gasteiger partial charge is 0.312 e. The number of carbonyl (C=O) groups is 2. The van der Waals surface area contributed by atoms with Crippen LogP contribution in [0.1, 0.15) is 29.2 Å². The Kier molecular flexibility index (Phi) is 6.87. The number of hydrogen-bond acceptors (Lipinski definition) is 2. The molecule has 0 saturated carbocycles. The fourth-order valence-corrected chi connectivity index (χ4v) is 3.24. The van der Waals surface area contributed by atoms with Crippen LogP contribution < -0.4 is 16.4 Å². The second kappa shape index (κ2) is 9.75. The van der Waals surface area contributed by atoms with Gasteiger partial charge in [-0.3, -0.25) is 4.79 Å². The zero-order valence-corrected chi connectivity index (χ0v) is 16.5. The SMILES string of the molecule is NC(=O)N[C@@H](CC(=O)Nc1ccccc1Cc1ccccc1)c1ccc(Cl)cc1. The number of nitrogens with one attached hydrogen (secondary N) is 2. The minimum absolute atomic E-state index is 0.0459. The summed E-state index contributed by atoms with van der Waals surface area (Å²) in [7, 11) is 0. The fourth-order valence-electron chi connectivity index (χ4n) is 3.12. The molecule has 0 bridgehead atoms. The number of carbonyl (C=O) groups excluding carboxylic acids is 2. The lowest BCUT2D eigenvalue weighted by Gasteiger charge is -2.18. The molecule has 5 nitrogen and oxygen atoms in total. The van der Waals surface area contributed by atoms with Crippen LogP contribution in [-0.4, -0.2) is 11.9 Å². The maximum atomic E-state index is 12.7. The van der Waals surface area contributed by atoms with Crippen LogP contribution >= 0.6 is 11.6 Å². The van der Waals surface area contributed by atoms with E-state index in [1.165, 1.54) is 0 Å². The number of primary amides is 1. The highest BCUT2D eigenvalue weighted by molar-refractivity contribution is 6.30. The largest absolute Gasteiger partial charge is 0.352 e. The predicted octanol–water partition coefficient (Wildman–Crippen LogP) is 4.67. The van der Waals surface area contributed by atoms with Gasteiger partial charge in [-0.1, -0.05) is 72.3 Å². The van der Waals surface area contributed by atoms with Crippen molar-refractivity contribution in [2.45, 2.75) is 18.9 Å². The zero-order chi connectivity index (χ0) is 20.6. The van der Waals surface area contributed by atoms with E-state index in [0.717, 1.165) is 22.4 Å². The van der Waals surface area contributed by atoms with Gasteiger partial charge in [0, 0.05) is 10.7 Å². The first kappa shape index (κ1) is 20.4. The van der Waals surface area contributed by atoms with E-state index in [1.807, 2.05) is 54.6 Å². The van der Waals surface area contributed by atoms with Gasteiger partial charge in [0.1, 0.15) is 0 Å². The molecule has 0 unspecified atom stereocenters. The summed E-state index contributed by atoms with van der Waals surface area (Å²) in [4.78, 5) is 24.1. The van der Waals surface area contributed by atoms with Gasteiger partial charge < -0.3 is 16.4 Å². The lowest BCUT2D eigenvalue weighted by atomic mass is 10.0. The maximum Gasteiger partial charge on any atom is 0.312 e. The highest BCUT2D eigenvalue weighted by atomic mass is 35.5. The van der Waals surface area contributed by atoms with Crippen molar-refractivity contribution >= 4 is 29.2 Å². The third kappa shape index (κ3) is 6.09. The molecular weight excluding hydrogens is 386 g/mol. The van der Waals surface area contributed by atoms with Crippen molar-refractivity contribution in [3.05, 3.63) is 101 Å². The number of benzene rings is 3. The van der Waals surface area contributed by atoms with E-state index < -0.39 is 12.1 Å². The number of amides is 3. The topological polar surface area (TPSA) is 84.2 Å². The van der Waals surface area contributed by atoms with Gasteiger partial charge in [0.25, 0.3) is 0 Å². The number of nitrogens with two attached hydrogens (primary N) is 1.